The molecule has 31 heavy (non-hydrogen) atoms. The predicted molar refractivity (Wildman–Crippen MR) is 120 cm³/mol. The normalized spacial score (nSPS) is 18.3. The number of rotatable bonds is 6. The zero-order chi connectivity index (χ0) is 21.8. The Morgan fingerprint density at radius 3 is 2.97 bits per heavy atom. The first-order valence-corrected chi connectivity index (χ1v) is 11.8. The van der Waals surface area contributed by atoms with Crippen LogP contribution in [0.2, 0.25) is 0 Å². The highest BCUT2D eigenvalue weighted by molar-refractivity contribution is 7.16. The second kappa shape index (κ2) is 9.64. The van der Waals surface area contributed by atoms with Gasteiger partial charge in [-0.05, 0) is 59.2 Å². The summed E-state index contributed by atoms with van der Waals surface area (Å²) in [6, 6.07) is 4.19. The smallest absolute Gasteiger partial charge is 0.409 e. The number of hydrogen-bond acceptors (Lipinski definition) is 7. The van der Waals surface area contributed by atoms with E-state index in [9.17, 15) is 14.9 Å². The third-order valence-electron chi connectivity index (χ3n) is 5.57. The van der Waals surface area contributed by atoms with Crippen LogP contribution in [-0.4, -0.2) is 49.8 Å². The first-order valence-electron chi connectivity index (χ1n) is 10.1. The number of hydrogen-bond donors (Lipinski definition) is 1. The second-order valence-corrected chi connectivity index (χ2v) is 9.53. The minimum absolute atomic E-state index is 0.106. The molecule has 0 saturated carbocycles. The third kappa shape index (κ3) is 4.98. The number of carbonyl (C=O) groups excluding carboxylic acids is 2. The van der Waals surface area contributed by atoms with Gasteiger partial charge in [0.1, 0.15) is 11.1 Å². The number of thiophene rings is 2. The van der Waals surface area contributed by atoms with Crippen molar-refractivity contribution in [1.82, 2.24) is 4.90 Å². The highest BCUT2D eigenvalue weighted by atomic mass is 32.1. The number of methoxy groups -OCH3 is 1. The Labute approximate surface area is 188 Å². The Hall–Kier alpha value is -2.67. The fourth-order valence-electron chi connectivity index (χ4n) is 3.71. The molecule has 0 bridgehead atoms. The number of anilines is 1. The lowest BCUT2D eigenvalue weighted by Gasteiger charge is -2.37. The van der Waals surface area contributed by atoms with Crippen LogP contribution in [0.4, 0.5) is 9.80 Å². The van der Waals surface area contributed by atoms with Crippen molar-refractivity contribution in [2.75, 3.05) is 32.1 Å². The molecule has 2 aromatic rings. The van der Waals surface area contributed by atoms with Gasteiger partial charge in [-0.15, -0.1) is 11.3 Å². The molecule has 0 spiro atoms. The summed E-state index contributed by atoms with van der Waals surface area (Å²) in [5.74, 6) is -0.0427. The lowest BCUT2D eigenvalue weighted by atomic mass is 9.88. The highest BCUT2D eigenvalue weighted by Gasteiger charge is 2.33. The first-order chi connectivity index (χ1) is 15.1. The molecule has 9 heteroatoms. The van der Waals surface area contributed by atoms with E-state index < -0.39 is 0 Å². The Kier molecular flexibility index (Phi) is 6.70. The van der Waals surface area contributed by atoms with E-state index in [0.29, 0.717) is 30.3 Å². The van der Waals surface area contributed by atoms with Crippen molar-refractivity contribution < 1.29 is 19.1 Å². The fourth-order valence-corrected chi connectivity index (χ4v) is 5.66. The van der Waals surface area contributed by atoms with E-state index in [1.807, 2.05) is 16.8 Å². The van der Waals surface area contributed by atoms with Gasteiger partial charge >= 0.3 is 6.09 Å². The summed E-state index contributed by atoms with van der Waals surface area (Å²) < 4.78 is 10.7. The topological polar surface area (TPSA) is 91.7 Å². The van der Waals surface area contributed by atoms with Crippen LogP contribution in [0.5, 0.6) is 0 Å². The molecule has 1 N–H and O–H groups in total. The van der Waals surface area contributed by atoms with Crippen LogP contribution < -0.4 is 5.32 Å². The summed E-state index contributed by atoms with van der Waals surface area (Å²) in [4.78, 5) is 27.1. The molecule has 4 rings (SSSR count). The van der Waals surface area contributed by atoms with Crippen molar-refractivity contribution in [2.45, 2.75) is 25.4 Å². The Morgan fingerprint density at radius 2 is 2.26 bits per heavy atom. The summed E-state index contributed by atoms with van der Waals surface area (Å²) in [5, 5.41) is 17.0. The largest absolute Gasteiger partial charge is 0.449 e. The molecule has 1 saturated heterocycles. The van der Waals surface area contributed by atoms with Crippen LogP contribution >= 0.6 is 22.7 Å². The summed E-state index contributed by atoms with van der Waals surface area (Å²) in [6.07, 6.45) is 5.37. The average molecular weight is 458 g/mol. The van der Waals surface area contributed by atoms with E-state index in [0.717, 1.165) is 35.3 Å². The van der Waals surface area contributed by atoms with E-state index in [4.69, 9.17) is 9.47 Å². The molecule has 1 aliphatic carbocycles. The van der Waals surface area contributed by atoms with Gasteiger partial charge in [-0.3, -0.25) is 4.79 Å². The first kappa shape index (κ1) is 21.6. The minimum Gasteiger partial charge on any atom is -0.449 e. The molecule has 1 atom stereocenters. The second-order valence-electron chi connectivity index (χ2n) is 7.65. The molecule has 2 amide bonds. The van der Waals surface area contributed by atoms with Crippen LogP contribution in [0, 0.1) is 17.2 Å². The standard InChI is InChI=1S/C22H23N3O4S2/c1-28-16-10-25(11-16)22(27)29-12-15-2-4-17-18(9-23)21(31-19(17)8-15)24-20(26)5-3-14-6-7-30-13-14/h3,5-7,13,15-16H,2,4,8,10-12H2,1H3,(H,24,26)/b5-3+. The molecule has 0 aromatic carbocycles. The van der Waals surface area contributed by atoms with E-state index in [1.165, 1.54) is 17.4 Å². The van der Waals surface area contributed by atoms with E-state index >= 15 is 0 Å². The SMILES string of the molecule is COC1CN(C(=O)OCC2CCc3c(sc(NC(=O)/C=C/c4ccsc4)c3C#N)C2)C1. The Balaban J connectivity index is 1.34. The monoisotopic (exact) mass is 457 g/mol. The molecule has 1 fully saturated rings. The quantitative estimate of drug-likeness (QED) is 0.664. The average Bonchev–Trinajstić information content (AvgIpc) is 3.36. The van der Waals surface area contributed by atoms with E-state index in [2.05, 4.69) is 11.4 Å². The molecule has 1 unspecified atom stereocenters. The molecular weight excluding hydrogens is 434 g/mol. The maximum atomic E-state index is 12.3. The molecule has 0 radical (unpaired) electrons. The predicted octanol–water partition coefficient (Wildman–Crippen LogP) is 3.91. The van der Waals surface area contributed by atoms with Gasteiger partial charge in [0.2, 0.25) is 5.91 Å². The van der Waals surface area contributed by atoms with Gasteiger partial charge in [0, 0.05) is 18.1 Å². The minimum atomic E-state index is -0.298. The van der Waals surface area contributed by atoms with Crippen molar-refractivity contribution in [3.05, 3.63) is 44.5 Å². The van der Waals surface area contributed by atoms with Gasteiger partial charge < -0.3 is 19.7 Å². The molecule has 1 aliphatic heterocycles. The number of ether oxygens (including phenoxy) is 2. The van der Waals surface area contributed by atoms with Gasteiger partial charge in [-0.2, -0.15) is 16.6 Å². The number of nitriles is 1. The zero-order valence-corrected chi connectivity index (χ0v) is 18.8. The van der Waals surface area contributed by atoms with Crippen molar-refractivity contribution in [3.8, 4) is 6.07 Å². The van der Waals surface area contributed by atoms with Crippen LogP contribution in [-0.2, 0) is 27.1 Å². The third-order valence-corrected chi connectivity index (χ3v) is 7.44. The molecule has 2 aliphatic rings. The van der Waals surface area contributed by atoms with Gasteiger partial charge in [0.05, 0.1) is 31.4 Å². The molecule has 2 aromatic heterocycles. The Bertz CT molecular complexity index is 1020. The van der Waals surface area contributed by atoms with Gasteiger partial charge in [0.15, 0.2) is 0 Å². The highest BCUT2D eigenvalue weighted by Crippen LogP contribution is 2.39. The summed E-state index contributed by atoms with van der Waals surface area (Å²) in [5.41, 5.74) is 2.54. The van der Waals surface area contributed by atoms with Crippen LogP contribution in [0.3, 0.4) is 0 Å². The van der Waals surface area contributed by atoms with Crippen LogP contribution in [0.15, 0.2) is 22.9 Å². The summed E-state index contributed by atoms with van der Waals surface area (Å²) >= 11 is 3.02. The maximum Gasteiger partial charge on any atom is 0.409 e. The summed E-state index contributed by atoms with van der Waals surface area (Å²) in [6.45, 7) is 1.51. The maximum absolute atomic E-state index is 12.3. The Morgan fingerprint density at radius 1 is 1.42 bits per heavy atom. The molecule has 162 valence electrons. The van der Waals surface area contributed by atoms with Crippen LogP contribution in [0.1, 0.15) is 28.0 Å². The molecule has 7 nitrogen and oxygen atoms in total. The number of carbonyl (C=O) groups is 2. The van der Waals surface area contributed by atoms with Gasteiger partial charge in [-0.1, -0.05) is 0 Å². The fraction of sp³-hybridized carbons (Fsp3) is 0.409. The summed E-state index contributed by atoms with van der Waals surface area (Å²) in [7, 11) is 1.64. The number of likely N-dealkylation sites (tertiary alicyclic amines) is 1. The number of nitrogens with zero attached hydrogens (tertiary/aromatic N) is 2. The number of amides is 2. The number of fused-ring (bicyclic) bond motifs is 1. The lowest BCUT2D eigenvalue weighted by Crippen LogP contribution is -2.54. The van der Waals surface area contributed by atoms with E-state index in [1.54, 1.807) is 29.4 Å². The lowest BCUT2D eigenvalue weighted by molar-refractivity contribution is -0.111. The molecule has 3 heterocycles. The van der Waals surface area contributed by atoms with Crippen molar-refractivity contribution in [1.29, 1.82) is 5.26 Å². The molecular formula is C22H23N3O4S2. The van der Waals surface area contributed by atoms with Crippen molar-refractivity contribution in [3.63, 3.8) is 0 Å². The number of nitrogens with one attached hydrogen (secondary N) is 1. The van der Waals surface area contributed by atoms with Crippen molar-refractivity contribution in [2.24, 2.45) is 5.92 Å². The van der Waals surface area contributed by atoms with Crippen molar-refractivity contribution >= 4 is 45.8 Å². The zero-order valence-electron chi connectivity index (χ0n) is 17.1. The van der Waals surface area contributed by atoms with Gasteiger partial charge in [-0.25, -0.2) is 4.79 Å². The van der Waals surface area contributed by atoms with Crippen LogP contribution in [0.25, 0.3) is 6.08 Å². The van der Waals surface area contributed by atoms with Gasteiger partial charge in [0.25, 0.3) is 0 Å². The van der Waals surface area contributed by atoms with E-state index in [-0.39, 0.29) is 24.0 Å².